The summed E-state index contributed by atoms with van der Waals surface area (Å²) >= 11 is 0.880. The standard InChI is InChI=1S/C16H15N3O5S/c1-8(15(21)22)25-16-18-13(10(7-17)14(20)19-16)9-4-5-11(23-2)12(6-9)24-3/h4-6,8H,1-3H3,(H,21,22)(H,18,19,20)/t8-/m0/s1. The van der Waals surface area contributed by atoms with E-state index in [9.17, 15) is 14.9 Å². The number of hydrogen-bond acceptors (Lipinski definition) is 7. The predicted molar refractivity (Wildman–Crippen MR) is 91.1 cm³/mol. The van der Waals surface area contributed by atoms with Crippen LogP contribution in [0.3, 0.4) is 0 Å². The van der Waals surface area contributed by atoms with Crippen molar-refractivity contribution in [3.63, 3.8) is 0 Å². The molecule has 0 saturated carbocycles. The number of nitrogens with zero attached hydrogens (tertiary/aromatic N) is 2. The maximum Gasteiger partial charge on any atom is 0.316 e. The number of aliphatic carboxylic acids is 1. The molecule has 2 aromatic rings. The Morgan fingerprint density at radius 2 is 2.04 bits per heavy atom. The van der Waals surface area contributed by atoms with E-state index < -0.39 is 16.8 Å². The maximum absolute atomic E-state index is 12.2. The number of carboxylic acids is 1. The van der Waals surface area contributed by atoms with Crippen LogP contribution in [0.5, 0.6) is 11.5 Å². The lowest BCUT2D eigenvalue weighted by Gasteiger charge is -2.11. The molecule has 0 unspecified atom stereocenters. The highest BCUT2D eigenvalue weighted by Gasteiger charge is 2.19. The van der Waals surface area contributed by atoms with Crippen molar-refractivity contribution < 1.29 is 19.4 Å². The Balaban J connectivity index is 2.60. The van der Waals surface area contributed by atoms with Gasteiger partial charge in [-0.25, -0.2) is 4.98 Å². The van der Waals surface area contributed by atoms with Crippen molar-refractivity contribution in [2.75, 3.05) is 14.2 Å². The van der Waals surface area contributed by atoms with Gasteiger partial charge in [0, 0.05) is 5.56 Å². The maximum atomic E-state index is 12.2. The minimum absolute atomic E-state index is 0.115. The molecule has 0 bridgehead atoms. The van der Waals surface area contributed by atoms with Crippen LogP contribution >= 0.6 is 11.8 Å². The van der Waals surface area contributed by atoms with Crippen LogP contribution < -0.4 is 15.0 Å². The minimum atomic E-state index is -1.04. The Hall–Kier alpha value is -2.99. The van der Waals surface area contributed by atoms with Crippen molar-refractivity contribution in [2.45, 2.75) is 17.3 Å². The second kappa shape index (κ2) is 7.72. The van der Waals surface area contributed by atoms with Gasteiger partial charge in [0.25, 0.3) is 5.56 Å². The van der Waals surface area contributed by atoms with Gasteiger partial charge in [-0.15, -0.1) is 0 Å². The fourth-order valence-corrected chi connectivity index (χ4v) is 2.75. The van der Waals surface area contributed by atoms with Crippen molar-refractivity contribution >= 4 is 17.7 Å². The number of rotatable bonds is 6. The summed E-state index contributed by atoms with van der Waals surface area (Å²) in [6.45, 7) is 1.47. The average Bonchev–Trinajstić information content (AvgIpc) is 2.60. The number of ether oxygens (including phenoxy) is 2. The van der Waals surface area contributed by atoms with Crippen LogP contribution in [0.25, 0.3) is 11.3 Å². The fraction of sp³-hybridized carbons (Fsp3) is 0.250. The Labute approximate surface area is 147 Å². The largest absolute Gasteiger partial charge is 0.493 e. The van der Waals surface area contributed by atoms with Crippen molar-refractivity contribution in [1.82, 2.24) is 9.97 Å². The zero-order chi connectivity index (χ0) is 18.6. The molecule has 2 rings (SSSR count). The molecule has 130 valence electrons. The van der Waals surface area contributed by atoms with Crippen molar-refractivity contribution in [2.24, 2.45) is 0 Å². The highest BCUT2D eigenvalue weighted by atomic mass is 32.2. The molecule has 1 heterocycles. The first-order chi connectivity index (χ1) is 11.9. The minimum Gasteiger partial charge on any atom is -0.493 e. The smallest absolute Gasteiger partial charge is 0.316 e. The van der Waals surface area contributed by atoms with E-state index in [4.69, 9.17) is 14.6 Å². The second-order valence-electron chi connectivity index (χ2n) is 4.87. The summed E-state index contributed by atoms with van der Waals surface area (Å²) in [5.41, 5.74) is -0.181. The number of nitrogens with one attached hydrogen (secondary N) is 1. The zero-order valence-corrected chi connectivity index (χ0v) is 14.5. The highest BCUT2D eigenvalue weighted by Crippen LogP contribution is 2.33. The third kappa shape index (κ3) is 3.92. The molecule has 0 aliphatic carbocycles. The van der Waals surface area contributed by atoms with E-state index in [0.29, 0.717) is 17.1 Å². The Morgan fingerprint density at radius 1 is 1.36 bits per heavy atom. The van der Waals surface area contributed by atoms with Crippen molar-refractivity contribution in [1.29, 1.82) is 5.26 Å². The molecule has 0 aliphatic heterocycles. The quantitative estimate of drug-likeness (QED) is 0.590. The van der Waals surface area contributed by atoms with E-state index in [1.54, 1.807) is 18.2 Å². The third-order valence-electron chi connectivity index (χ3n) is 3.30. The number of thioether (sulfide) groups is 1. The average molecular weight is 361 g/mol. The predicted octanol–water partition coefficient (Wildman–Crippen LogP) is 1.89. The van der Waals surface area contributed by atoms with E-state index in [1.807, 2.05) is 6.07 Å². The summed E-state index contributed by atoms with van der Waals surface area (Å²) in [6.07, 6.45) is 0. The van der Waals surface area contributed by atoms with Gasteiger partial charge in [0.2, 0.25) is 0 Å². The molecule has 0 radical (unpaired) electrons. The Bertz CT molecular complexity index is 904. The summed E-state index contributed by atoms with van der Waals surface area (Å²) in [5, 5.41) is 17.6. The van der Waals surface area contributed by atoms with Gasteiger partial charge < -0.3 is 19.6 Å². The molecule has 0 aliphatic rings. The number of H-pyrrole nitrogens is 1. The molecule has 0 fully saturated rings. The number of methoxy groups -OCH3 is 2. The normalized spacial score (nSPS) is 11.4. The van der Waals surface area contributed by atoms with E-state index in [0.717, 1.165) is 11.8 Å². The molecule has 9 heteroatoms. The summed E-state index contributed by atoms with van der Waals surface area (Å²) < 4.78 is 10.4. The van der Waals surface area contributed by atoms with E-state index in [-0.39, 0.29) is 16.4 Å². The van der Waals surface area contributed by atoms with Gasteiger partial charge in [-0.05, 0) is 25.1 Å². The molecule has 0 amide bonds. The van der Waals surface area contributed by atoms with Crippen LogP contribution in [0.1, 0.15) is 12.5 Å². The Kier molecular flexibility index (Phi) is 5.67. The van der Waals surface area contributed by atoms with Gasteiger partial charge in [0.05, 0.1) is 19.9 Å². The number of benzene rings is 1. The second-order valence-corrected chi connectivity index (χ2v) is 6.20. The highest BCUT2D eigenvalue weighted by molar-refractivity contribution is 8.00. The summed E-state index contributed by atoms with van der Waals surface area (Å²) in [6, 6.07) is 6.69. The molecule has 0 spiro atoms. The molecule has 0 saturated heterocycles. The van der Waals surface area contributed by atoms with Gasteiger partial charge in [-0.1, -0.05) is 11.8 Å². The lowest BCUT2D eigenvalue weighted by molar-refractivity contribution is -0.136. The summed E-state index contributed by atoms with van der Waals surface area (Å²) in [5.74, 6) is -0.132. The van der Waals surface area contributed by atoms with E-state index >= 15 is 0 Å². The summed E-state index contributed by atoms with van der Waals surface area (Å²) in [7, 11) is 2.96. The topological polar surface area (TPSA) is 125 Å². The van der Waals surface area contributed by atoms with Crippen molar-refractivity contribution in [3.8, 4) is 28.8 Å². The lowest BCUT2D eigenvalue weighted by atomic mass is 10.1. The third-order valence-corrected chi connectivity index (χ3v) is 4.27. The van der Waals surface area contributed by atoms with Crippen molar-refractivity contribution in [3.05, 3.63) is 34.1 Å². The van der Waals surface area contributed by atoms with Crippen LogP contribution in [0.2, 0.25) is 0 Å². The van der Waals surface area contributed by atoms with Crippen LogP contribution in [0.4, 0.5) is 0 Å². The molecular formula is C16H15N3O5S. The number of aromatic amines is 1. The molecule has 1 aromatic heterocycles. The van der Waals surface area contributed by atoms with Crippen LogP contribution in [-0.2, 0) is 4.79 Å². The van der Waals surface area contributed by atoms with Gasteiger partial charge in [-0.3, -0.25) is 9.59 Å². The first-order valence-corrected chi connectivity index (χ1v) is 7.95. The number of aromatic nitrogens is 2. The Morgan fingerprint density at radius 3 is 2.60 bits per heavy atom. The van der Waals surface area contributed by atoms with Crippen LogP contribution in [0.15, 0.2) is 28.2 Å². The number of carbonyl (C=O) groups is 1. The number of nitriles is 1. The van der Waals surface area contributed by atoms with E-state index in [2.05, 4.69) is 9.97 Å². The molecule has 1 atom stereocenters. The van der Waals surface area contributed by atoms with Gasteiger partial charge in [0.15, 0.2) is 16.7 Å². The molecular weight excluding hydrogens is 346 g/mol. The zero-order valence-electron chi connectivity index (χ0n) is 13.7. The summed E-state index contributed by atoms with van der Waals surface area (Å²) in [4.78, 5) is 29.8. The van der Waals surface area contributed by atoms with Gasteiger partial charge in [0.1, 0.15) is 16.9 Å². The van der Waals surface area contributed by atoms with Gasteiger partial charge in [-0.2, -0.15) is 5.26 Å². The number of carboxylic acid groups (broad SMARTS) is 1. The van der Waals surface area contributed by atoms with E-state index in [1.165, 1.54) is 21.1 Å². The number of hydrogen-bond donors (Lipinski definition) is 2. The fourth-order valence-electron chi connectivity index (χ4n) is 2.02. The molecule has 8 nitrogen and oxygen atoms in total. The van der Waals surface area contributed by atoms with Crippen LogP contribution in [-0.4, -0.2) is 40.5 Å². The first kappa shape index (κ1) is 18.4. The molecule has 25 heavy (non-hydrogen) atoms. The van der Waals surface area contributed by atoms with Crippen LogP contribution in [0, 0.1) is 11.3 Å². The molecule has 1 aromatic carbocycles. The lowest BCUT2D eigenvalue weighted by Crippen LogP contribution is -2.17. The first-order valence-electron chi connectivity index (χ1n) is 7.07. The van der Waals surface area contributed by atoms with Gasteiger partial charge >= 0.3 is 5.97 Å². The SMILES string of the molecule is COc1ccc(-c2nc(S[C@@H](C)C(=O)O)[nH]c(=O)c2C#N)cc1OC. The molecule has 2 N–H and O–H groups in total. The monoisotopic (exact) mass is 361 g/mol.